The standard InChI is InChI=1S/C15H23N3O5/c1-5-16-10(3)9-17-15(19)11-7-14(23-6-2)13(22-4)8-12(11)18(20)21/h7-8,10,16H,5-6,9H2,1-4H3,(H,17,19)/t10-/m1/s1. The van der Waals surface area contributed by atoms with E-state index in [0.717, 1.165) is 6.54 Å². The molecule has 0 saturated heterocycles. The highest BCUT2D eigenvalue weighted by atomic mass is 16.6. The average molecular weight is 325 g/mol. The van der Waals surface area contributed by atoms with Gasteiger partial charge in [0.2, 0.25) is 0 Å². The van der Waals surface area contributed by atoms with Gasteiger partial charge in [0, 0.05) is 18.7 Å². The molecule has 0 heterocycles. The van der Waals surface area contributed by atoms with Crippen LogP contribution in [0.4, 0.5) is 5.69 Å². The fourth-order valence-corrected chi connectivity index (χ4v) is 2.07. The highest BCUT2D eigenvalue weighted by Gasteiger charge is 2.24. The van der Waals surface area contributed by atoms with Gasteiger partial charge in [-0.15, -0.1) is 0 Å². The summed E-state index contributed by atoms with van der Waals surface area (Å²) in [6.07, 6.45) is 0. The molecule has 1 amide bonds. The van der Waals surface area contributed by atoms with Gasteiger partial charge in [0.05, 0.1) is 24.7 Å². The molecule has 0 aliphatic heterocycles. The molecular formula is C15H23N3O5. The van der Waals surface area contributed by atoms with E-state index in [0.29, 0.717) is 18.9 Å². The number of nitro benzene ring substituents is 1. The molecule has 0 spiro atoms. The van der Waals surface area contributed by atoms with Crippen LogP contribution in [0.1, 0.15) is 31.1 Å². The Morgan fingerprint density at radius 1 is 1.35 bits per heavy atom. The third-order valence-corrected chi connectivity index (χ3v) is 3.14. The van der Waals surface area contributed by atoms with Crippen LogP contribution in [-0.2, 0) is 0 Å². The van der Waals surface area contributed by atoms with Crippen molar-refractivity contribution >= 4 is 11.6 Å². The summed E-state index contributed by atoms with van der Waals surface area (Å²) in [5.41, 5.74) is -0.373. The second-order valence-corrected chi connectivity index (χ2v) is 4.88. The number of likely N-dealkylation sites (N-methyl/N-ethyl adjacent to an activating group) is 1. The van der Waals surface area contributed by atoms with Crippen molar-refractivity contribution in [3.63, 3.8) is 0 Å². The van der Waals surface area contributed by atoms with E-state index in [-0.39, 0.29) is 23.0 Å². The maximum atomic E-state index is 12.3. The first kappa shape index (κ1) is 18.7. The normalized spacial score (nSPS) is 11.7. The van der Waals surface area contributed by atoms with Gasteiger partial charge in [-0.2, -0.15) is 0 Å². The Balaban J connectivity index is 3.08. The Hall–Kier alpha value is -2.35. The van der Waals surface area contributed by atoms with Gasteiger partial charge in [-0.05, 0) is 20.4 Å². The molecule has 0 aliphatic carbocycles. The number of amides is 1. The monoisotopic (exact) mass is 325 g/mol. The van der Waals surface area contributed by atoms with Gasteiger partial charge in [-0.3, -0.25) is 14.9 Å². The predicted octanol–water partition coefficient (Wildman–Crippen LogP) is 1.73. The third kappa shape index (κ3) is 5.10. The Morgan fingerprint density at radius 2 is 2.04 bits per heavy atom. The zero-order valence-electron chi connectivity index (χ0n) is 13.8. The molecule has 0 saturated carbocycles. The number of hydrogen-bond donors (Lipinski definition) is 2. The van der Waals surface area contributed by atoms with Crippen LogP contribution in [-0.4, -0.2) is 43.7 Å². The van der Waals surface area contributed by atoms with E-state index in [2.05, 4.69) is 10.6 Å². The van der Waals surface area contributed by atoms with Gasteiger partial charge in [-0.1, -0.05) is 6.92 Å². The number of ether oxygens (including phenoxy) is 2. The molecule has 0 aliphatic rings. The summed E-state index contributed by atoms with van der Waals surface area (Å²) in [7, 11) is 1.39. The summed E-state index contributed by atoms with van der Waals surface area (Å²) in [4.78, 5) is 22.9. The number of benzene rings is 1. The summed E-state index contributed by atoms with van der Waals surface area (Å²) in [6, 6.07) is 2.61. The number of hydrogen-bond acceptors (Lipinski definition) is 6. The molecule has 2 N–H and O–H groups in total. The number of carbonyl (C=O) groups is 1. The molecule has 1 rings (SSSR count). The van der Waals surface area contributed by atoms with Crippen LogP contribution >= 0.6 is 0 Å². The molecule has 0 bridgehead atoms. The molecule has 0 fully saturated rings. The van der Waals surface area contributed by atoms with Crippen molar-refractivity contribution in [2.45, 2.75) is 26.8 Å². The molecule has 0 aromatic heterocycles. The van der Waals surface area contributed by atoms with Gasteiger partial charge in [0.15, 0.2) is 11.5 Å². The topological polar surface area (TPSA) is 103 Å². The molecule has 128 valence electrons. The highest BCUT2D eigenvalue weighted by molar-refractivity contribution is 5.99. The highest BCUT2D eigenvalue weighted by Crippen LogP contribution is 2.34. The first-order valence-corrected chi connectivity index (χ1v) is 7.45. The summed E-state index contributed by atoms with van der Waals surface area (Å²) in [5.74, 6) is -0.00772. The van der Waals surface area contributed by atoms with Crippen LogP contribution in [0.25, 0.3) is 0 Å². The molecule has 8 heteroatoms. The number of nitrogens with zero attached hydrogens (tertiary/aromatic N) is 1. The number of carbonyl (C=O) groups excluding carboxylic acids is 1. The van der Waals surface area contributed by atoms with Crippen LogP contribution in [0.5, 0.6) is 11.5 Å². The number of nitrogens with one attached hydrogen (secondary N) is 2. The molecule has 1 aromatic rings. The van der Waals surface area contributed by atoms with Crippen molar-refractivity contribution in [1.82, 2.24) is 10.6 Å². The summed E-state index contributed by atoms with van der Waals surface area (Å²) < 4.78 is 10.5. The Kier molecular flexibility index (Phi) is 7.27. The van der Waals surface area contributed by atoms with Crippen molar-refractivity contribution in [2.75, 3.05) is 26.8 Å². The van der Waals surface area contributed by atoms with Crippen LogP contribution < -0.4 is 20.1 Å². The first-order valence-electron chi connectivity index (χ1n) is 7.45. The van der Waals surface area contributed by atoms with Crippen LogP contribution in [0.3, 0.4) is 0 Å². The molecule has 1 atom stereocenters. The average Bonchev–Trinajstić information content (AvgIpc) is 2.52. The third-order valence-electron chi connectivity index (χ3n) is 3.14. The van der Waals surface area contributed by atoms with Crippen LogP contribution in [0.15, 0.2) is 12.1 Å². The van der Waals surface area contributed by atoms with Crippen molar-refractivity contribution < 1.29 is 19.2 Å². The number of rotatable bonds is 9. The van der Waals surface area contributed by atoms with Crippen LogP contribution in [0, 0.1) is 10.1 Å². The van der Waals surface area contributed by atoms with E-state index < -0.39 is 10.8 Å². The van der Waals surface area contributed by atoms with E-state index in [1.807, 2.05) is 13.8 Å². The minimum Gasteiger partial charge on any atom is -0.493 e. The summed E-state index contributed by atoms with van der Waals surface area (Å²) >= 11 is 0. The molecular weight excluding hydrogens is 302 g/mol. The molecule has 8 nitrogen and oxygen atoms in total. The van der Waals surface area contributed by atoms with Gasteiger partial charge in [-0.25, -0.2) is 0 Å². The Labute approximate surface area is 135 Å². The molecule has 0 unspecified atom stereocenters. The molecule has 1 aromatic carbocycles. The maximum absolute atomic E-state index is 12.3. The fraction of sp³-hybridized carbons (Fsp3) is 0.533. The second-order valence-electron chi connectivity index (χ2n) is 4.88. The Morgan fingerprint density at radius 3 is 2.57 bits per heavy atom. The molecule has 0 radical (unpaired) electrons. The predicted molar refractivity (Wildman–Crippen MR) is 86.3 cm³/mol. The van der Waals surface area contributed by atoms with Gasteiger partial charge < -0.3 is 20.1 Å². The Bertz CT molecular complexity index is 562. The lowest BCUT2D eigenvalue weighted by Gasteiger charge is -2.14. The lowest BCUT2D eigenvalue weighted by atomic mass is 10.1. The second kappa shape index (κ2) is 8.94. The summed E-state index contributed by atoms with van der Waals surface area (Å²) in [6.45, 7) is 7.14. The van der Waals surface area contributed by atoms with E-state index in [4.69, 9.17) is 9.47 Å². The quantitative estimate of drug-likeness (QED) is 0.529. The SMILES string of the molecule is CCN[C@H](C)CNC(=O)c1cc(OCC)c(OC)cc1[N+](=O)[O-]. The van der Waals surface area contributed by atoms with Gasteiger partial charge in [0.25, 0.3) is 11.6 Å². The zero-order valence-corrected chi connectivity index (χ0v) is 13.8. The minimum atomic E-state index is -0.610. The fourth-order valence-electron chi connectivity index (χ4n) is 2.07. The number of nitro groups is 1. The molecule has 23 heavy (non-hydrogen) atoms. The zero-order chi connectivity index (χ0) is 17.4. The first-order chi connectivity index (χ1) is 10.9. The summed E-state index contributed by atoms with van der Waals surface area (Å²) in [5, 5.41) is 17.1. The minimum absolute atomic E-state index is 0.0528. The van der Waals surface area contributed by atoms with Crippen molar-refractivity contribution in [3.05, 3.63) is 27.8 Å². The van der Waals surface area contributed by atoms with E-state index >= 15 is 0 Å². The van der Waals surface area contributed by atoms with Crippen LogP contribution in [0.2, 0.25) is 0 Å². The lowest BCUT2D eigenvalue weighted by Crippen LogP contribution is -2.39. The van der Waals surface area contributed by atoms with Crippen molar-refractivity contribution in [3.8, 4) is 11.5 Å². The lowest BCUT2D eigenvalue weighted by molar-refractivity contribution is -0.385. The van der Waals surface area contributed by atoms with Gasteiger partial charge in [0.1, 0.15) is 5.56 Å². The van der Waals surface area contributed by atoms with Crippen molar-refractivity contribution in [2.24, 2.45) is 0 Å². The van der Waals surface area contributed by atoms with Gasteiger partial charge >= 0.3 is 0 Å². The van der Waals surface area contributed by atoms with E-state index in [9.17, 15) is 14.9 Å². The van der Waals surface area contributed by atoms with Crippen molar-refractivity contribution in [1.29, 1.82) is 0 Å². The van der Waals surface area contributed by atoms with E-state index in [1.165, 1.54) is 19.2 Å². The maximum Gasteiger partial charge on any atom is 0.286 e. The van der Waals surface area contributed by atoms with E-state index in [1.54, 1.807) is 6.92 Å². The smallest absolute Gasteiger partial charge is 0.286 e. The largest absolute Gasteiger partial charge is 0.493 e. The number of methoxy groups -OCH3 is 1.